The highest BCUT2D eigenvalue weighted by Gasteiger charge is 2.25. The van der Waals surface area contributed by atoms with E-state index >= 15 is 0 Å². The van der Waals surface area contributed by atoms with Gasteiger partial charge in [0.2, 0.25) is 5.95 Å². The predicted octanol–water partition coefficient (Wildman–Crippen LogP) is 2.88. The Morgan fingerprint density at radius 3 is 2.57 bits per heavy atom. The van der Waals surface area contributed by atoms with Gasteiger partial charge in [0, 0.05) is 30.5 Å². The number of aryl methyl sites for hydroxylation is 1. The van der Waals surface area contributed by atoms with Crippen molar-refractivity contribution in [2.75, 3.05) is 25.0 Å². The molecule has 2 heterocycles. The van der Waals surface area contributed by atoms with Crippen molar-refractivity contribution in [3.63, 3.8) is 0 Å². The molecule has 1 aromatic heterocycles. The number of hydrogen-bond acceptors (Lipinski definition) is 6. The monoisotopic (exact) mass is 383 g/mol. The molecule has 1 fully saturated rings. The maximum Gasteiger partial charge on any atom is 0.409 e. The van der Waals surface area contributed by atoms with Gasteiger partial charge in [0.05, 0.1) is 6.61 Å². The van der Waals surface area contributed by atoms with Gasteiger partial charge >= 0.3 is 6.09 Å². The fraction of sp³-hybridized carbons (Fsp3) is 0.400. The number of anilines is 2. The van der Waals surface area contributed by atoms with Crippen molar-refractivity contribution in [3.05, 3.63) is 47.8 Å². The van der Waals surface area contributed by atoms with E-state index in [-0.39, 0.29) is 18.0 Å². The number of nitrogens with one attached hydrogen (secondary N) is 2. The van der Waals surface area contributed by atoms with Crippen LogP contribution in [0.1, 0.15) is 35.9 Å². The van der Waals surface area contributed by atoms with Crippen molar-refractivity contribution < 1.29 is 14.3 Å². The molecule has 0 atom stereocenters. The highest BCUT2D eigenvalue weighted by atomic mass is 16.6. The lowest BCUT2D eigenvalue weighted by molar-refractivity contribution is 0.0856. The Bertz CT molecular complexity index is 820. The maximum atomic E-state index is 12.7. The van der Waals surface area contributed by atoms with Gasteiger partial charge in [-0.15, -0.1) is 0 Å². The van der Waals surface area contributed by atoms with Crippen LogP contribution in [0.4, 0.5) is 16.4 Å². The fourth-order valence-corrected chi connectivity index (χ4v) is 3.07. The normalized spacial score (nSPS) is 14.4. The van der Waals surface area contributed by atoms with E-state index < -0.39 is 0 Å². The molecule has 3 rings (SSSR count). The minimum atomic E-state index is -0.296. The molecule has 2 N–H and O–H groups in total. The van der Waals surface area contributed by atoms with Crippen LogP contribution >= 0.6 is 0 Å². The first-order chi connectivity index (χ1) is 13.5. The number of benzene rings is 1. The molecular formula is C20H25N5O3. The minimum absolute atomic E-state index is 0.000944. The van der Waals surface area contributed by atoms with E-state index in [1.807, 2.05) is 37.3 Å². The third-order valence-electron chi connectivity index (χ3n) is 4.47. The van der Waals surface area contributed by atoms with Crippen molar-refractivity contribution in [2.24, 2.45) is 0 Å². The van der Waals surface area contributed by atoms with Crippen LogP contribution in [0.2, 0.25) is 0 Å². The van der Waals surface area contributed by atoms with E-state index in [0.29, 0.717) is 49.9 Å². The number of ether oxygens (including phenoxy) is 1. The molecule has 0 aliphatic carbocycles. The number of para-hydroxylation sites is 1. The SMILES string of the molecule is CCOC(=O)N1CCC(NC(=O)c2cc(C)nc(Nc3ccccc3)n2)CC1. The Morgan fingerprint density at radius 2 is 1.89 bits per heavy atom. The molecule has 0 spiro atoms. The summed E-state index contributed by atoms with van der Waals surface area (Å²) in [7, 11) is 0. The summed E-state index contributed by atoms with van der Waals surface area (Å²) in [4.78, 5) is 34.8. The van der Waals surface area contributed by atoms with Crippen LogP contribution < -0.4 is 10.6 Å². The number of rotatable bonds is 5. The largest absolute Gasteiger partial charge is 0.450 e. The minimum Gasteiger partial charge on any atom is -0.450 e. The first-order valence-electron chi connectivity index (χ1n) is 9.45. The smallest absolute Gasteiger partial charge is 0.409 e. The lowest BCUT2D eigenvalue weighted by atomic mass is 10.1. The van der Waals surface area contributed by atoms with Crippen LogP contribution in [0.3, 0.4) is 0 Å². The summed E-state index contributed by atoms with van der Waals surface area (Å²) in [6.45, 7) is 5.10. The van der Waals surface area contributed by atoms with Crippen molar-refractivity contribution in [1.82, 2.24) is 20.2 Å². The van der Waals surface area contributed by atoms with Crippen LogP contribution in [0.25, 0.3) is 0 Å². The Balaban J connectivity index is 1.59. The molecule has 0 unspecified atom stereocenters. The summed E-state index contributed by atoms with van der Waals surface area (Å²) < 4.78 is 5.02. The molecule has 1 saturated heterocycles. The van der Waals surface area contributed by atoms with Crippen LogP contribution in [-0.2, 0) is 4.74 Å². The van der Waals surface area contributed by atoms with Gasteiger partial charge in [0.25, 0.3) is 5.91 Å². The standard InChI is InChI=1S/C20H25N5O3/c1-3-28-20(27)25-11-9-16(10-12-25)22-18(26)17-13-14(2)21-19(24-17)23-15-7-5-4-6-8-15/h4-8,13,16H,3,9-12H2,1-2H3,(H,22,26)(H,21,23,24). The van der Waals surface area contributed by atoms with Crippen molar-refractivity contribution in [1.29, 1.82) is 0 Å². The number of hydrogen-bond donors (Lipinski definition) is 2. The summed E-state index contributed by atoms with van der Waals surface area (Å²) in [5.41, 5.74) is 1.88. The Labute approximate surface area is 164 Å². The topological polar surface area (TPSA) is 96.5 Å². The van der Waals surface area contributed by atoms with E-state index in [1.54, 1.807) is 17.9 Å². The van der Waals surface area contributed by atoms with Crippen LogP contribution in [0.15, 0.2) is 36.4 Å². The average Bonchev–Trinajstić information content (AvgIpc) is 2.69. The van der Waals surface area contributed by atoms with Crippen LogP contribution in [0, 0.1) is 6.92 Å². The second kappa shape index (κ2) is 9.16. The first-order valence-corrected chi connectivity index (χ1v) is 9.45. The van der Waals surface area contributed by atoms with E-state index in [2.05, 4.69) is 20.6 Å². The molecule has 1 aromatic carbocycles. The van der Waals surface area contributed by atoms with Gasteiger partial charge < -0.3 is 20.3 Å². The van der Waals surface area contributed by atoms with Crippen LogP contribution in [-0.4, -0.2) is 52.6 Å². The molecule has 8 heteroatoms. The second-order valence-corrected chi connectivity index (χ2v) is 6.64. The van der Waals surface area contributed by atoms with Crippen LogP contribution in [0.5, 0.6) is 0 Å². The van der Waals surface area contributed by atoms with E-state index in [0.717, 1.165) is 5.69 Å². The summed E-state index contributed by atoms with van der Waals surface area (Å²) in [5.74, 6) is 0.143. The van der Waals surface area contributed by atoms with Gasteiger partial charge in [-0.3, -0.25) is 4.79 Å². The van der Waals surface area contributed by atoms with E-state index in [9.17, 15) is 9.59 Å². The number of aromatic nitrogens is 2. The predicted molar refractivity (Wildman–Crippen MR) is 106 cm³/mol. The Kier molecular flexibility index (Phi) is 6.41. The maximum absolute atomic E-state index is 12.7. The van der Waals surface area contributed by atoms with Gasteiger partial charge in [-0.2, -0.15) is 0 Å². The number of carbonyl (C=O) groups is 2. The number of likely N-dealkylation sites (tertiary alicyclic amines) is 1. The quantitative estimate of drug-likeness (QED) is 0.824. The molecule has 0 bridgehead atoms. The van der Waals surface area contributed by atoms with Crippen molar-refractivity contribution in [3.8, 4) is 0 Å². The zero-order valence-corrected chi connectivity index (χ0v) is 16.1. The molecular weight excluding hydrogens is 358 g/mol. The molecule has 2 aromatic rings. The second-order valence-electron chi connectivity index (χ2n) is 6.64. The number of nitrogens with zero attached hydrogens (tertiary/aromatic N) is 3. The van der Waals surface area contributed by atoms with Gasteiger partial charge in [-0.05, 0) is 44.9 Å². The van der Waals surface area contributed by atoms with Gasteiger partial charge in [-0.25, -0.2) is 14.8 Å². The summed E-state index contributed by atoms with van der Waals surface area (Å²) in [6.07, 6.45) is 1.07. The molecule has 1 aliphatic rings. The summed E-state index contributed by atoms with van der Waals surface area (Å²) in [6, 6.07) is 11.2. The van der Waals surface area contributed by atoms with Gasteiger partial charge in [0.1, 0.15) is 5.69 Å². The molecule has 0 radical (unpaired) electrons. The summed E-state index contributed by atoms with van der Waals surface area (Å²) in [5, 5.41) is 6.12. The van der Waals surface area contributed by atoms with E-state index in [1.165, 1.54) is 0 Å². The van der Waals surface area contributed by atoms with Gasteiger partial charge in [0.15, 0.2) is 0 Å². The third kappa shape index (κ3) is 5.18. The Morgan fingerprint density at radius 1 is 1.18 bits per heavy atom. The van der Waals surface area contributed by atoms with E-state index in [4.69, 9.17) is 4.74 Å². The first kappa shape index (κ1) is 19.6. The third-order valence-corrected chi connectivity index (χ3v) is 4.47. The lowest BCUT2D eigenvalue weighted by Gasteiger charge is -2.31. The fourth-order valence-electron chi connectivity index (χ4n) is 3.07. The molecule has 0 saturated carbocycles. The highest BCUT2D eigenvalue weighted by molar-refractivity contribution is 5.93. The van der Waals surface area contributed by atoms with Gasteiger partial charge in [-0.1, -0.05) is 18.2 Å². The van der Waals surface area contributed by atoms with Crippen molar-refractivity contribution in [2.45, 2.75) is 32.7 Å². The lowest BCUT2D eigenvalue weighted by Crippen LogP contribution is -2.46. The number of carbonyl (C=O) groups excluding carboxylic acids is 2. The molecule has 8 nitrogen and oxygen atoms in total. The highest BCUT2D eigenvalue weighted by Crippen LogP contribution is 2.15. The molecule has 2 amide bonds. The number of piperidine rings is 1. The summed E-state index contributed by atoms with van der Waals surface area (Å²) >= 11 is 0. The average molecular weight is 383 g/mol. The number of amides is 2. The zero-order valence-electron chi connectivity index (χ0n) is 16.1. The van der Waals surface area contributed by atoms with Crippen molar-refractivity contribution >= 4 is 23.6 Å². The Hall–Kier alpha value is -3.16. The molecule has 28 heavy (non-hydrogen) atoms. The zero-order chi connectivity index (χ0) is 19.9. The molecule has 1 aliphatic heterocycles. The molecule has 148 valence electrons.